The smallest absolute Gasteiger partial charge is 0.119 e. The summed E-state index contributed by atoms with van der Waals surface area (Å²) in [5, 5.41) is 0. The summed E-state index contributed by atoms with van der Waals surface area (Å²) in [5.41, 5.74) is 9.22. The number of methoxy groups -OCH3 is 1. The van der Waals surface area contributed by atoms with Gasteiger partial charge in [-0.05, 0) is 61.4 Å². The molecule has 0 bridgehead atoms. The predicted molar refractivity (Wildman–Crippen MR) is 82.1 cm³/mol. The summed E-state index contributed by atoms with van der Waals surface area (Å²) in [7, 11) is 1.74. The number of nitrogens with two attached hydrogens (primary N) is 1. The van der Waals surface area contributed by atoms with E-state index in [9.17, 15) is 0 Å². The molecule has 20 heavy (non-hydrogen) atoms. The van der Waals surface area contributed by atoms with Gasteiger partial charge < -0.3 is 10.5 Å². The zero-order valence-electron chi connectivity index (χ0n) is 12.6. The number of rotatable bonds is 2. The van der Waals surface area contributed by atoms with E-state index in [1.165, 1.54) is 36.9 Å². The normalized spacial score (nSPS) is 30.9. The maximum atomic E-state index is 6.25. The summed E-state index contributed by atoms with van der Waals surface area (Å²) < 4.78 is 5.36. The van der Waals surface area contributed by atoms with E-state index in [0.29, 0.717) is 18.0 Å². The van der Waals surface area contributed by atoms with Gasteiger partial charge in [-0.3, -0.25) is 4.90 Å². The van der Waals surface area contributed by atoms with Crippen molar-refractivity contribution in [3.63, 3.8) is 0 Å². The zero-order chi connectivity index (χ0) is 14.1. The Kier molecular flexibility index (Phi) is 3.99. The van der Waals surface area contributed by atoms with Gasteiger partial charge in [0.05, 0.1) is 7.11 Å². The number of piperidine rings is 1. The number of hydrogen-bond donors (Lipinski definition) is 1. The van der Waals surface area contributed by atoms with Crippen LogP contribution < -0.4 is 10.5 Å². The van der Waals surface area contributed by atoms with Gasteiger partial charge in [-0.15, -0.1) is 0 Å². The fraction of sp³-hybridized carbons (Fsp3) is 0.647. The van der Waals surface area contributed by atoms with Crippen molar-refractivity contribution >= 4 is 0 Å². The van der Waals surface area contributed by atoms with Crippen LogP contribution in [0.1, 0.15) is 30.9 Å². The van der Waals surface area contributed by atoms with Crippen LogP contribution >= 0.6 is 0 Å². The highest BCUT2D eigenvalue weighted by Crippen LogP contribution is 2.29. The second-order valence-corrected chi connectivity index (χ2v) is 6.46. The van der Waals surface area contributed by atoms with Crippen molar-refractivity contribution in [1.82, 2.24) is 4.90 Å². The van der Waals surface area contributed by atoms with Crippen LogP contribution in [0.2, 0.25) is 0 Å². The maximum absolute atomic E-state index is 6.25. The van der Waals surface area contributed by atoms with Crippen LogP contribution in [0.4, 0.5) is 0 Å². The number of fused-ring (bicyclic) bond motifs is 1. The van der Waals surface area contributed by atoms with Crippen molar-refractivity contribution in [3.05, 3.63) is 29.3 Å². The second kappa shape index (κ2) is 5.74. The molecule has 1 aromatic rings. The highest BCUT2D eigenvalue weighted by Gasteiger charge is 2.30. The molecule has 0 radical (unpaired) electrons. The highest BCUT2D eigenvalue weighted by atomic mass is 16.5. The minimum absolute atomic E-state index is 0.343. The molecule has 1 heterocycles. The van der Waals surface area contributed by atoms with Crippen LogP contribution in [0.25, 0.3) is 0 Å². The minimum atomic E-state index is 0.343. The lowest BCUT2D eigenvalue weighted by Crippen LogP contribution is -2.52. The van der Waals surface area contributed by atoms with Crippen LogP contribution in [-0.4, -0.2) is 37.2 Å². The van der Waals surface area contributed by atoms with E-state index in [2.05, 4.69) is 30.0 Å². The van der Waals surface area contributed by atoms with Gasteiger partial charge in [0.1, 0.15) is 5.75 Å². The van der Waals surface area contributed by atoms with Gasteiger partial charge >= 0.3 is 0 Å². The fourth-order valence-corrected chi connectivity index (χ4v) is 3.61. The highest BCUT2D eigenvalue weighted by molar-refractivity contribution is 5.38. The third-order valence-electron chi connectivity index (χ3n) is 5.18. The first kappa shape index (κ1) is 13.9. The van der Waals surface area contributed by atoms with Crippen molar-refractivity contribution in [2.45, 2.75) is 44.7 Å². The third-order valence-corrected chi connectivity index (χ3v) is 5.18. The van der Waals surface area contributed by atoms with Crippen LogP contribution in [0.3, 0.4) is 0 Å². The molecule has 3 heteroatoms. The van der Waals surface area contributed by atoms with Crippen molar-refractivity contribution in [3.8, 4) is 5.75 Å². The number of hydrogen-bond acceptors (Lipinski definition) is 3. The summed E-state index contributed by atoms with van der Waals surface area (Å²) in [6.07, 6.45) is 4.84. The zero-order valence-corrected chi connectivity index (χ0v) is 12.6. The number of likely N-dealkylation sites (tertiary alicyclic amines) is 1. The summed E-state index contributed by atoms with van der Waals surface area (Å²) in [6.45, 7) is 4.55. The van der Waals surface area contributed by atoms with Gasteiger partial charge in [0, 0.05) is 18.6 Å². The van der Waals surface area contributed by atoms with Gasteiger partial charge in [-0.25, -0.2) is 0 Å². The Labute approximate surface area is 122 Å². The molecule has 0 amide bonds. The van der Waals surface area contributed by atoms with Crippen molar-refractivity contribution in [2.75, 3.05) is 20.2 Å². The lowest BCUT2D eigenvalue weighted by atomic mass is 9.85. The Balaban J connectivity index is 1.71. The van der Waals surface area contributed by atoms with E-state index >= 15 is 0 Å². The average molecular weight is 274 g/mol. The topological polar surface area (TPSA) is 38.5 Å². The van der Waals surface area contributed by atoms with Gasteiger partial charge in [0.15, 0.2) is 0 Å². The number of ether oxygens (including phenoxy) is 1. The van der Waals surface area contributed by atoms with Crippen LogP contribution in [0.5, 0.6) is 5.75 Å². The molecule has 0 aromatic heterocycles. The van der Waals surface area contributed by atoms with Crippen LogP contribution in [0.15, 0.2) is 18.2 Å². The lowest BCUT2D eigenvalue weighted by molar-refractivity contribution is 0.111. The molecule has 2 aliphatic rings. The first-order valence-electron chi connectivity index (χ1n) is 7.83. The summed E-state index contributed by atoms with van der Waals surface area (Å²) in [6, 6.07) is 7.53. The van der Waals surface area contributed by atoms with E-state index in [4.69, 9.17) is 10.5 Å². The molecule has 0 spiro atoms. The minimum Gasteiger partial charge on any atom is -0.497 e. The monoisotopic (exact) mass is 274 g/mol. The fourth-order valence-electron chi connectivity index (χ4n) is 3.61. The molecule has 3 nitrogen and oxygen atoms in total. The Bertz CT molecular complexity index is 474. The first-order valence-corrected chi connectivity index (χ1v) is 7.83. The van der Waals surface area contributed by atoms with Gasteiger partial charge in [-0.1, -0.05) is 13.0 Å². The van der Waals surface area contributed by atoms with Crippen LogP contribution in [0, 0.1) is 5.92 Å². The molecule has 1 aliphatic carbocycles. The number of nitrogens with zero attached hydrogens (tertiary/aromatic N) is 1. The quantitative estimate of drug-likeness (QED) is 0.898. The standard InChI is InChI=1S/C17H26N2O/c1-12-7-8-19(11-17(12)18)15-5-3-13-4-6-16(20-2)10-14(13)9-15/h4,6,10,12,15,17H,3,5,7-9,11,18H2,1-2H3. The maximum Gasteiger partial charge on any atom is 0.119 e. The molecule has 0 saturated carbocycles. The lowest BCUT2D eigenvalue weighted by Gasteiger charge is -2.41. The summed E-state index contributed by atoms with van der Waals surface area (Å²) in [4.78, 5) is 2.62. The molecule has 1 saturated heterocycles. The van der Waals surface area contributed by atoms with Crippen LogP contribution in [-0.2, 0) is 12.8 Å². The Morgan fingerprint density at radius 3 is 2.85 bits per heavy atom. The van der Waals surface area contributed by atoms with Gasteiger partial charge in [0.25, 0.3) is 0 Å². The molecule has 3 atom stereocenters. The summed E-state index contributed by atoms with van der Waals surface area (Å²) in [5.74, 6) is 1.65. The van der Waals surface area contributed by atoms with Gasteiger partial charge in [0.2, 0.25) is 0 Å². The first-order chi connectivity index (χ1) is 9.67. The molecule has 1 aliphatic heterocycles. The van der Waals surface area contributed by atoms with E-state index in [1.54, 1.807) is 7.11 Å². The molecular formula is C17H26N2O. The molecule has 1 aromatic carbocycles. The molecular weight excluding hydrogens is 248 g/mol. The Morgan fingerprint density at radius 1 is 1.25 bits per heavy atom. The van der Waals surface area contributed by atoms with E-state index in [-0.39, 0.29) is 0 Å². The van der Waals surface area contributed by atoms with Crippen molar-refractivity contribution in [2.24, 2.45) is 11.7 Å². The SMILES string of the molecule is COc1ccc2c(c1)CC(N1CCC(C)C(N)C1)CC2. The van der Waals surface area contributed by atoms with E-state index < -0.39 is 0 Å². The van der Waals surface area contributed by atoms with E-state index in [0.717, 1.165) is 18.7 Å². The van der Waals surface area contributed by atoms with Crippen molar-refractivity contribution in [1.29, 1.82) is 0 Å². The number of aryl methyl sites for hydroxylation is 1. The van der Waals surface area contributed by atoms with Gasteiger partial charge in [-0.2, -0.15) is 0 Å². The van der Waals surface area contributed by atoms with Crippen molar-refractivity contribution < 1.29 is 4.74 Å². The second-order valence-electron chi connectivity index (χ2n) is 6.46. The molecule has 3 rings (SSSR count). The molecule has 1 fully saturated rings. The Hall–Kier alpha value is -1.06. The molecule has 3 unspecified atom stereocenters. The molecule has 2 N–H and O–H groups in total. The average Bonchev–Trinajstić information content (AvgIpc) is 2.49. The summed E-state index contributed by atoms with van der Waals surface area (Å²) >= 11 is 0. The number of benzene rings is 1. The van der Waals surface area contributed by atoms with E-state index in [1.807, 2.05) is 0 Å². The Morgan fingerprint density at radius 2 is 2.10 bits per heavy atom. The predicted octanol–water partition coefficient (Wildman–Crippen LogP) is 2.22. The largest absolute Gasteiger partial charge is 0.497 e. The third kappa shape index (κ3) is 2.70. The molecule has 110 valence electrons.